The third kappa shape index (κ3) is 7.66. The van der Waals surface area contributed by atoms with E-state index in [0.29, 0.717) is 33.3 Å². The van der Waals surface area contributed by atoms with E-state index in [0.717, 1.165) is 11.6 Å². The Hall–Kier alpha value is -5.51. The Kier molecular flexibility index (Phi) is 10.3. The molecule has 0 aliphatic carbocycles. The number of carbonyl (C=O) groups is 1. The molecule has 0 radical (unpaired) electrons. The second kappa shape index (κ2) is 14.7. The van der Waals surface area contributed by atoms with E-state index in [4.69, 9.17) is 9.72 Å². The summed E-state index contributed by atoms with van der Waals surface area (Å²) in [6.07, 6.45) is 4.19. The number of aromatic amines is 1. The number of hydrogen-bond donors (Lipinski definition) is 3. The number of unbranched alkanes of at least 4 members (excludes halogenated alkanes) is 1. The van der Waals surface area contributed by atoms with Gasteiger partial charge in [0, 0.05) is 29.6 Å². The number of ether oxygens (including phenoxy) is 1. The van der Waals surface area contributed by atoms with E-state index in [9.17, 15) is 23.5 Å². The average molecular weight is 639 g/mol. The predicted molar refractivity (Wildman–Crippen MR) is 179 cm³/mol. The number of aromatic hydroxyl groups is 1. The summed E-state index contributed by atoms with van der Waals surface area (Å²) in [6.45, 7) is 4.36. The van der Waals surface area contributed by atoms with E-state index < -0.39 is 23.6 Å². The van der Waals surface area contributed by atoms with Crippen molar-refractivity contribution in [3.63, 3.8) is 0 Å². The number of nitrogens with zero attached hydrogens (tertiary/aromatic N) is 2. The van der Waals surface area contributed by atoms with Crippen LogP contribution in [-0.4, -0.2) is 32.7 Å². The normalized spacial score (nSPS) is 11.6. The zero-order valence-electron chi connectivity index (χ0n) is 26.4. The van der Waals surface area contributed by atoms with Crippen LogP contribution >= 0.6 is 0 Å². The summed E-state index contributed by atoms with van der Waals surface area (Å²) in [5.74, 6) is -1.13. The minimum absolute atomic E-state index is 0.0589. The second-order valence-corrected chi connectivity index (χ2v) is 11.1. The van der Waals surface area contributed by atoms with E-state index >= 15 is 0 Å². The van der Waals surface area contributed by atoms with Crippen molar-refractivity contribution < 1.29 is 23.4 Å². The standard InChI is InChI=1S/C33H26F2N4O4.C4H10/c1-43-25-9-6-23(7-10-25)39-32(38-29-5-3-2-4-26(29)33(39)42)30(14-19-12-21(34)16-22(35)13-19)37-31(41)15-20-18-36-28-11-8-24(40)17-27(20)28;1-3-4-2/h2-13,16-18,30,36,40H,14-15H2,1H3,(H,37,41);3-4H2,1-2H3. The van der Waals surface area contributed by atoms with Gasteiger partial charge in [0.1, 0.15) is 29.0 Å². The van der Waals surface area contributed by atoms with Gasteiger partial charge in [-0.15, -0.1) is 0 Å². The van der Waals surface area contributed by atoms with Gasteiger partial charge in [-0.05, 0) is 77.9 Å². The molecule has 0 aliphatic heterocycles. The molecule has 10 heteroatoms. The lowest BCUT2D eigenvalue weighted by Crippen LogP contribution is -2.36. The van der Waals surface area contributed by atoms with Crippen molar-refractivity contribution in [2.45, 2.75) is 45.6 Å². The monoisotopic (exact) mass is 638 g/mol. The largest absolute Gasteiger partial charge is 0.508 e. The number of hydrogen-bond acceptors (Lipinski definition) is 5. The fourth-order valence-corrected chi connectivity index (χ4v) is 5.27. The number of H-pyrrole nitrogens is 1. The van der Waals surface area contributed by atoms with E-state index in [2.05, 4.69) is 24.1 Å². The highest BCUT2D eigenvalue weighted by Crippen LogP contribution is 2.26. The quantitative estimate of drug-likeness (QED) is 0.154. The summed E-state index contributed by atoms with van der Waals surface area (Å²) in [5, 5.41) is 14.0. The first kappa shape index (κ1) is 32.9. The number of methoxy groups -OCH3 is 1. The summed E-state index contributed by atoms with van der Waals surface area (Å²) < 4.78 is 35.1. The Morgan fingerprint density at radius 2 is 1.66 bits per heavy atom. The van der Waals surface area contributed by atoms with Gasteiger partial charge in [-0.2, -0.15) is 0 Å². The smallest absolute Gasteiger partial charge is 0.266 e. The Labute approximate surface area is 270 Å². The first-order valence-electron chi connectivity index (χ1n) is 15.4. The molecular formula is C37H36F2N4O4. The van der Waals surface area contributed by atoms with Crippen LogP contribution in [-0.2, 0) is 17.6 Å². The number of benzene rings is 4. The zero-order chi connectivity index (χ0) is 33.5. The van der Waals surface area contributed by atoms with E-state index in [-0.39, 0.29) is 35.5 Å². The number of carbonyl (C=O) groups excluding carboxylic acids is 1. The van der Waals surface area contributed by atoms with Crippen LogP contribution in [0.4, 0.5) is 8.78 Å². The highest BCUT2D eigenvalue weighted by atomic mass is 19.1. The lowest BCUT2D eigenvalue weighted by molar-refractivity contribution is -0.121. The molecule has 2 heterocycles. The van der Waals surface area contributed by atoms with E-state index in [1.165, 1.54) is 36.7 Å². The van der Waals surface area contributed by atoms with Gasteiger partial charge in [-0.25, -0.2) is 13.8 Å². The molecule has 1 atom stereocenters. The molecule has 0 spiro atoms. The molecule has 0 saturated carbocycles. The molecule has 4 aromatic carbocycles. The topological polar surface area (TPSA) is 109 Å². The maximum absolute atomic E-state index is 14.2. The second-order valence-electron chi connectivity index (χ2n) is 11.1. The van der Waals surface area contributed by atoms with Gasteiger partial charge in [0.2, 0.25) is 5.91 Å². The van der Waals surface area contributed by atoms with Crippen molar-refractivity contribution in [1.82, 2.24) is 19.9 Å². The number of phenols is 1. The maximum atomic E-state index is 14.2. The predicted octanol–water partition coefficient (Wildman–Crippen LogP) is 7.31. The van der Waals surface area contributed by atoms with Crippen molar-refractivity contribution in [1.29, 1.82) is 0 Å². The van der Waals surface area contributed by atoms with Gasteiger partial charge in [0.15, 0.2) is 0 Å². The molecule has 6 aromatic rings. The number of para-hydroxylation sites is 1. The Morgan fingerprint density at radius 1 is 0.957 bits per heavy atom. The van der Waals surface area contributed by atoms with Crippen molar-refractivity contribution in [2.75, 3.05) is 7.11 Å². The third-order valence-electron chi connectivity index (χ3n) is 7.74. The number of rotatable bonds is 9. The fraction of sp³-hybridized carbons (Fsp3) is 0.216. The SMILES string of the molecule is CCCC.COc1ccc(-n2c(C(Cc3cc(F)cc(F)c3)NC(=O)Cc3c[nH]c4ccc(O)cc34)nc3ccccc3c2=O)cc1. The van der Waals surface area contributed by atoms with Crippen LogP contribution in [0.1, 0.15) is 49.7 Å². The number of amides is 1. The zero-order valence-corrected chi connectivity index (χ0v) is 26.4. The Morgan fingerprint density at radius 3 is 2.34 bits per heavy atom. The van der Waals surface area contributed by atoms with Crippen molar-refractivity contribution >= 4 is 27.7 Å². The van der Waals surface area contributed by atoms with Gasteiger partial charge >= 0.3 is 0 Å². The van der Waals surface area contributed by atoms with Crippen molar-refractivity contribution in [3.8, 4) is 17.2 Å². The molecule has 0 aliphatic rings. The summed E-state index contributed by atoms with van der Waals surface area (Å²) in [4.78, 5) is 35.4. The summed E-state index contributed by atoms with van der Waals surface area (Å²) >= 11 is 0. The molecule has 0 fully saturated rings. The summed E-state index contributed by atoms with van der Waals surface area (Å²) in [7, 11) is 1.53. The van der Waals surface area contributed by atoms with E-state index in [1.54, 1.807) is 72.9 Å². The number of fused-ring (bicyclic) bond motifs is 2. The summed E-state index contributed by atoms with van der Waals surface area (Å²) in [5.41, 5.74) is 2.15. The summed E-state index contributed by atoms with van der Waals surface area (Å²) in [6, 6.07) is 20.6. The van der Waals surface area contributed by atoms with Crippen LogP contribution in [0.2, 0.25) is 0 Å². The van der Waals surface area contributed by atoms with Crippen molar-refractivity contribution in [3.05, 3.63) is 130 Å². The van der Waals surface area contributed by atoms with Crippen LogP contribution in [0.5, 0.6) is 11.5 Å². The Bertz CT molecular complexity index is 2050. The molecule has 242 valence electrons. The lowest BCUT2D eigenvalue weighted by Gasteiger charge is -2.23. The molecule has 6 rings (SSSR count). The maximum Gasteiger partial charge on any atom is 0.266 e. The van der Waals surface area contributed by atoms with Gasteiger partial charge in [0.05, 0.1) is 36.2 Å². The van der Waals surface area contributed by atoms with Gasteiger partial charge in [-0.1, -0.05) is 38.8 Å². The van der Waals surface area contributed by atoms with Crippen LogP contribution < -0.4 is 15.6 Å². The van der Waals surface area contributed by atoms with Crippen molar-refractivity contribution in [2.24, 2.45) is 0 Å². The van der Waals surface area contributed by atoms with Gasteiger partial charge in [0.25, 0.3) is 5.56 Å². The minimum Gasteiger partial charge on any atom is -0.508 e. The lowest BCUT2D eigenvalue weighted by atomic mass is 10.0. The van der Waals surface area contributed by atoms with Crippen LogP contribution in [0, 0.1) is 11.6 Å². The fourth-order valence-electron chi connectivity index (χ4n) is 5.27. The Balaban J connectivity index is 0.00000103. The molecule has 1 amide bonds. The molecule has 0 saturated heterocycles. The first-order valence-corrected chi connectivity index (χ1v) is 15.4. The molecule has 3 N–H and O–H groups in total. The number of halogens is 2. The number of nitrogens with one attached hydrogen (secondary N) is 2. The molecule has 47 heavy (non-hydrogen) atoms. The minimum atomic E-state index is -0.966. The number of aromatic nitrogens is 3. The van der Waals surface area contributed by atoms with Gasteiger partial charge < -0.3 is 20.1 Å². The molecule has 0 bridgehead atoms. The molecule has 8 nitrogen and oxygen atoms in total. The highest BCUT2D eigenvalue weighted by molar-refractivity contribution is 5.90. The first-order chi connectivity index (χ1) is 22.7. The van der Waals surface area contributed by atoms with Crippen LogP contribution in [0.15, 0.2) is 95.9 Å². The average Bonchev–Trinajstić information content (AvgIpc) is 3.45. The molecular weight excluding hydrogens is 602 g/mol. The number of phenolic OH excluding ortho intramolecular Hbond substituents is 1. The van der Waals surface area contributed by atoms with Crippen LogP contribution in [0.3, 0.4) is 0 Å². The van der Waals surface area contributed by atoms with E-state index in [1.807, 2.05) is 0 Å². The van der Waals surface area contributed by atoms with Crippen LogP contribution in [0.25, 0.3) is 27.5 Å². The van der Waals surface area contributed by atoms with Gasteiger partial charge in [-0.3, -0.25) is 14.2 Å². The molecule has 1 unspecified atom stereocenters. The molecule has 2 aromatic heterocycles. The highest BCUT2D eigenvalue weighted by Gasteiger charge is 2.25. The third-order valence-corrected chi connectivity index (χ3v) is 7.74.